The number of hydrogen-bond acceptors (Lipinski definition) is 6. The molecule has 130 valence electrons. The van der Waals surface area contributed by atoms with Crippen LogP contribution in [0.15, 0.2) is 16.9 Å². The lowest BCUT2D eigenvalue weighted by Crippen LogP contribution is -2.37. The molecule has 7 nitrogen and oxygen atoms in total. The number of hydrogen-bond donors (Lipinski definition) is 1. The van der Waals surface area contributed by atoms with Crippen molar-refractivity contribution in [2.75, 3.05) is 26.3 Å². The van der Waals surface area contributed by atoms with Crippen LogP contribution in [0.3, 0.4) is 0 Å². The monoisotopic (exact) mass is 331 g/mol. The van der Waals surface area contributed by atoms with Crippen LogP contribution in [0.25, 0.3) is 0 Å². The topological polar surface area (TPSA) is 68.4 Å². The minimum absolute atomic E-state index is 0.473. The summed E-state index contributed by atoms with van der Waals surface area (Å²) < 4.78 is 12.9. The number of rotatable bonds is 5. The number of nitrogens with one attached hydrogen (secondary N) is 1. The summed E-state index contributed by atoms with van der Waals surface area (Å²) in [5, 5.41) is 12.2. The average molecular weight is 331 g/mol. The highest BCUT2D eigenvalue weighted by molar-refractivity contribution is 5.27. The fourth-order valence-electron chi connectivity index (χ4n) is 3.56. The largest absolute Gasteiger partial charge is 0.379 e. The highest BCUT2D eigenvalue weighted by Gasteiger charge is 2.26. The third-order valence-corrected chi connectivity index (χ3v) is 4.95. The molecule has 1 fully saturated rings. The minimum Gasteiger partial charge on any atom is -0.379 e. The minimum atomic E-state index is 0.473. The molecule has 1 unspecified atom stereocenters. The average Bonchev–Trinajstić information content (AvgIpc) is 3.20. The van der Waals surface area contributed by atoms with Crippen molar-refractivity contribution in [2.45, 2.75) is 38.4 Å². The number of fused-ring (bicyclic) bond motifs is 1. The van der Waals surface area contributed by atoms with Crippen LogP contribution >= 0.6 is 0 Å². The van der Waals surface area contributed by atoms with Gasteiger partial charge in [-0.05, 0) is 12.8 Å². The van der Waals surface area contributed by atoms with Gasteiger partial charge < -0.3 is 14.6 Å². The van der Waals surface area contributed by atoms with Gasteiger partial charge in [0, 0.05) is 63.0 Å². The molecule has 1 aliphatic heterocycles. The van der Waals surface area contributed by atoms with Crippen LogP contribution in [0.1, 0.15) is 29.0 Å². The van der Waals surface area contributed by atoms with Gasteiger partial charge in [-0.1, -0.05) is 5.16 Å². The second kappa shape index (κ2) is 7.04. The lowest BCUT2D eigenvalue weighted by molar-refractivity contribution is 0.0331. The molecular weight excluding hydrogens is 306 g/mol. The lowest BCUT2D eigenvalue weighted by Gasteiger charge is -2.27. The molecular formula is C17H25N5O2. The summed E-state index contributed by atoms with van der Waals surface area (Å²) in [6.07, 6.45) is 7.05. The van der Waals surface area contributed by atoms with Gasteiger partial charge in [-0.2, -0.15) is 5.10 Å². The Labute approximate surface area is 141 Å². The van der Waals surface area contributed by atoms with E-state index in [4.69, 9.17) is 9.26 Å². The van der Waals surface area contributed by atoms with E-state index in [1.54, 1.807) is 0 Å². The Kier molecular flexibility index (Phi) is 4.64. The first-order chi connectivity index (χ1) is 11.8. The van der Waals surface area contributed by atoms with Crippen molar-refractivity contribution < 1.29 is 9.26 Å². The highest BCUT2D eigenvalue weighted by atomic mass is 16.5. The van der Waals surface area contributed by atoms with Gasteiger partial charge in [0.15, 0.2) is 0 Å². The highest BCUT2D eigenvalue weighted by Crippen LogP contribution is 2.26. The lowest BCUT2D eigenvalue weighted by atomic mass is 9.92. The van der Waals surface area contributed by atoms with Gasteiger partial charge in [-0.3, -0.25) is 9.58 Å². The van der Waals surface area contributed by atoms with Crippen molar-refractivity contribution in [1.82, 2.24) is 25.2 Å². The van der Waals surface area contributed by atoms with E-state index in [1.807, 2.05) is 17.9 Å². The Hall–Kier alpha value is -1.70. The maximum Gasteiger partial charge on any atom is 0.140 e. The molecule has 0 amide bonds. The maximum atomic E-state index is 5.59. The van der Waals surface area contributed by atoms with Crippen molar-refractivity contribution in [3.05, 3.63) is 35.0 Å². The van der Waals surface area contributed by atoms with E-state index in [9.17, 15) is 0 Å². The van der Waals surface area contributed by atoms with Crippen LogP contribution in [0, 0.1) is 0 Å². The van der Waals surface area contributed by atoms with E-state index >= 15 is 0 Å². The standard InChI is InChI=1S/C17H25N5O2/c1-21-11-13(10-19-21)9-18-14-2-3-17-15(8-14)16(20-24-17)12-22-4-6-23-7-5-22/h10-11,14,18H,2-9,12H2,1H3. The summed E-state index contributed by atoms with van der Waals surface area (Å²) in [6.45, 7) is 5.31. The van der Waals surface area contributed by atoms with Crippen LogP contribution in [0.2, 0.25) is 0 Å². The molecule has 0 spiro atoms. The molecule has 2 aromatic heterocycles. The number of ether oxygens (including phenoxy) is 1. The molecule has 2 aromatic rings. The molecule has 0 aromatic carbocycles. The smallest absolute Gasteiger partial charge is 0.140 e. The Bertz CT molecular complexity index is 674. The fraction of sp³-hybridized carbons (Fsp3) is 0.647. The molecule has 4 rings (SSSR count). The van der Waals surface area contributed by atoms with E-state index in [1.165, 1.54) is 11.1 Å². The summed E-state index contributed by atoms with van der Waals surface area (Å²) in [4.78, 5) is 2.40. The first-order valence-corrected chi connectivity index (χ1v) is 8.75. The van der Waals surface area contributed by atoms with E-state index in [-0.39, 0.29) is 0 Å². The molecule has 1 atom stereocenters. The van der Waals surface area contributed by atoms with Crippen molar-refractivity contribution in [1.29, 1.82) is 0 Å². The Morgan fingerprint density at radius 2 is 2.21 bits per heavy atom. The summed E-state index contributed by atoms with van der Waals surface area (Å²) in [5.41, 5.74) is 3.65. The predicted octanol–water partition coefficient (Wildman–Crippen LogP) is 0.887. The van der Waals surface area contributed by atoms with E-state index in [0.717, 1.165) is 70.1 Å². The maximum absolute atomic E-state index is 5.59. The quantitative estimate of drug-likeness (QED) is 0.877. The second-order valence-corrected chi connectivity index (χ2v) is 6.76. The molecule has 0 saturated carbocycles. The Morgan fingerprint density at radius 3 is 3.00 bits per heavy atom. The number of aryl methyl sites for hydroxylation is 2. The zero-order valence-corrected chi connectivity index (χ0v) is 14.2. The van der Waals surface area contributed by atoms with Crippen LogP contribution in [0.4, 0.5) is 0 Å². The van der Waals surface area contributed by atoms with Crippen molar-refractivity contribution in [3.8, 4) is 0 Å². The second-order valence-electron chi connectivity index (χ2n) is 6.76. The van der Waals surface area contributed by atoms with Gasteiger partial charge >= 0.3 is 0 Å². The predicted molar refractivity (Wildman–Crippen MR) is 88.5 cm³/mol. The number of morpholine rings is 1. The van der Waals surface area contributed by atoms with Crippen LogP contribution < -0.4 is 5.32 Å². The van der Waals surface area contributed by atoms with Gasteiger partial charge in [0.1, 0.15) is 11.5 Å². The van der Waals surface area contributed by atoms with Gasteiger partial charge in [0.25, 0.3) is 0 Å². The molecule has 24 heavy (non-hydrogen) atoms. The van der Waals surface area contributed by atoms with Gasteiger partial charge in [-0.25, -0.2) is 0 Å². The van der Waals surface area contributed by atoms with Crippen LogP contribution in [-0.4, -0.2) is 52.2 Å². The molecule has 1 aliphatic carbocycles. The molecule has 1 N–H and O–H groups in total. The van der Waals surface area contributed by atoms with Crippen LogP contribution in [-0.2, 0) is 37.7 Å². The Balaban J connectivity index is 1.37. The molecule has 7 heteroatoms. The summed E-state index contributed by atoms with van der Waals surface area (Å²) >= 11 is 0. The Morgan fingerprint density at radius 1 is 1.33 bits per heavy atom. The van der Waals surface area contributed by atoms with E-state index in [2.05, 4.69) is 26.7 Å². The fourth-order valence-corrected chi connectivity index (χ4v) is 3.56. The normalized spacial score (nSPS) is 21.8. The molecule has 3 heterocycles. The zero-order chi connectivity index (χ0) is 16.4. The first kappa shape index (κ1) is 15.8. The van der Waals surface area contributed by atoms with Gasteiger partial charge in [-0.15, -0.1) is 0 Å². The summed E-state index contributed by atoms with van der Waals surface area (Å²) in [6, 6.07) is 0.473. The van der Waals surface area contributed by atoms with Gasteiger partial charge in [0.05, 0.1) is 19.4 Å². The van der Waals surface area contributed by atoms with Crippen molar-refractivity contribution in [2.24, 2.45) is 7.05 Å². The number of aromatic nitrogens is 3. The first-order valence-electron chi connectivity index (χ1n) is 8.75. The van der Waals surface area contributed by atoms with E-state index in [0.29, 0.717) is 6.04 Å². The SMILES string of the molecule is Cn1cc(CNC2CCc3onc(CN4CCOCC4)c3C2)cn1. The summed E-state index contributed by atoms with van der Waals surface area (Å²) in [7, 11) is 1.95. The third kappa shape index (κ3) is 3.53. The van der Waals surface area contributed by atoms with Crippen molar-refractivity contribution in [3.63, 3.8) is 0 Å². The molecule has 1 saturated heterocycles. The molecule has 2 aliphatic rings. The third-order valence-electron chi connectivity index (χ3n) is 4.95. The van der Waals surface area contributed by atoms with Crippen LogP contribution in [0.5, 0.6) is 0 Å². The molecule has 0 radical (unpaired) electrons. The van der Waals surface area contributed by atoms with Gasteiger partial charge in [0.2, 0.25) is 0 Å². The molecule has 0 bridgehead atoms. The van der Waals surface area contributed by atoms with Crippen molar-refractivity contribution >= 4 is 0 Å². The van der Waals surface area contributed by atoms with E-state index < -0.39 is 0 Å². The summed E-state index contributed by atoms with van der Waals surface area (Å²) in [5.74, 6) is 1.08. The zero-order valence-electron chi connectivity index (χ0n) is 14.2. The number of nitrogens with zero attached hydrogens (tertiary/aromatic N) is 4.